The molecule has 1 saturated carbocycles. The van der Waals surface area contributed by atoms with Crippen molar-refractivity contribution in [2.45, 2.75) is 62.1 Å². The highest BCUT2D eigenvalue weighted by Gasteiger charge is 2.41. The van der Waals surface area contributed by atoms with Crippen molar-refractivity contribution < 1.29 is 31.8 Å². The standard InChI is InChI=1S/C22H30F5N3O2/c23-21(24)6-4-16(5-7-21)28-18-14-32-19(20(18)31)13-29-8-10-30(11-9-29)17-3-1-2-15(12-17)22(25,26)27/h1-3,12,16,18-20,28,31H,4-11,13-14H2/t18-,19-,20+/m0/s1. The highest BCUT2D eigenvalue weighted by atomic mass is 19.4. The first kappa shape index (κ1) is 23.7. The van der Waals surface area contributed by atoms with Crippen molar-refractivity contribution in [2.24, 2.45) is 0 Å². The monoisotopic (exact) mass is 463 g/mol. The molecule has 3 aliphatic rings. The van der Waals surface area contributed by atoms with Crippen molar-refractivity contribution in [3.8, 4) is 0 Å². The van der Waals surface area contributed by atoms with Gasteiger partial charge < -0.3 is 20.1 Å². The molecule has 5 nitrogen and oxygen atoms in total. The highest BCUT2D eigenvalue weighted by molar-refractivity contribution is 5.49. The minimum absolute atomic E-state index is 0.0346. The van der Waals surface area contributed by atoms with E-state index in [1.807, 2.05) is 4.90 Å². The molecule has 180 valence electrons. The number of rotatable bonds is 5. The molecule has 0 aromatic heterocycles. The fraction of sp³-hybridized carbons (Fsp3) is 0.727. The third kappa shape index (κ3) is 5.70. The van der Waals surface area contributed by atoms with Gasteiger partial charge in [-0.05, 0) is 31.0 Å². The van der Waals surface area contributed by atoms with Crippen LogP contribution in [0.3, 0.4) is 0 Å². The topological polar surface area (TPSA) is 48.0 Å². The van der Waals surface area contributed by atoms with Gasteiger partial charge in [-0.25, -0.2) is 8.78 Å². The Morgan fingerprint density at radius 2 is 1.78 bits per heavy atom. The van der Waals surface area contributed by atoms with Crippen LogP contribution in [0.5, 0.6) is 0 Å². The first-order valence-corrected chi connectivity index (χ1v) is 11.2. The van der Waals surface area contributed by atoms with Crippen LogP contribution < -0.4 is 10.2 Å². The Hall–Kier alpha value is -1.49. The van der Waals surface area contributed by atoms with Gasteiger partial charge in [0.1, 0.15) is 0 Å². The zero-order valence-corrected chi connectivity index (χ0v) is 17.8. The lowest BCUT2D eigenvalue weighted by Gasteiger charge is -2.37. The summed E-state index contributed by atoms with van der Waals surface area (Å²) in [5.41, 5.74) is -0.0981. The molecule has 1 aromatic rings. The molecule has 0 bridgehead atoms. The largest absolute Gasteiger partial charge is 0.416 e. The molecule has 1 aliphatic carbocycles. The molecule has 1 aromatic carbocycles. The number of aliphatic hydroxyl groups excluding tert-OH is 1. The maximum absolute atomic E-state index is 13.3. The second-order valence-electron chi connectivity index (χ2n) is 9.10. The smallest absolute Gasteiger partial charge is 0.389 e. The maximum atomic E-state index is 13.3. The Morgan fingerprint density at radius 3 is 2.44 bits per heavy atom. The van der Waals surface area contributed by atoms with Gasteiger partial charge in [-0.1, -0.05) is 6.07 Å². The summed E-state index contributed by atoms with van der Waals surface area (Å²) in [6, 6.07) is 5.05. The van der Waals surface area contributed by atoms with Crippen LogP contribution in [0.1, 0.15) is 31.2 Å². The normalized spacial score (nSPS) is 30.1. The van der Waals surface area contributed by atoms with Crippen LogP contribution in [0, 0.1) is 0 Å². The van der Waals surface area contributed by atoms with Gasteiger partial charge >= 0.3 is 6.18 Å². The number of aliphatic hydroxyl groups is 1. The van der Waals surface area contributed by atoms with Crippen molar-refractivity contribution in [3.63, 3.8) is 0 Å². The summed E-state index contributed by atoms with van der Waals surface area (Å²) in [7, 11) is 0. The summed E-state index contributed by atoms with van der Waals surface area (Å²) < 4.78 is 71.4. The first-order valence-electron chi connectivity index (χ1n) is 11.2. The third-order valence-corrected chi connectivity index (χ3v) is 6.80. The van der Waals surface area contributed by atoms with E-state index in [1.165, 1.54) is 12.1 Å². The van der Waals surface area contributed by atoms with E-state index < -0.39 is 23.8 Å². The van der Waals surface area contributed by atoms with E-state index in [4.69, 9.17) is 4.74 Å². The van der Waals surface area contributed by atoms with Crippen LogP contribution >= 0.6 is 0 Å². The van der Waals surface area contributed by atoms with E-state index in [0.29, 0.717) is 57.9 Å². The number of hydrogen-bond donors (Lipinski definition) is 2. The summed E-state index contributed by atoms with van der Waals surface area (Å²) in [6.45, 7) is 3.34. The quantitative estimate of drug-likeness (QED) is 0.658. The zero-order chi connectivity index (χ0) is 22.9. The molecule has 0 amide bonds. The van der Waals surface area contributed by atoms with E-state index in [9.17, 15) is 27.1 Å². The van der Waals surface area contributed by atoms with Gasteiger partial charge in [0.05, 0.1) is 30.4 Å². The molecule has 2 N–H and O–H groups in total. The summed E-state index contributed by atoms with van der Waals surface area (Å²) in [5.74, 6) is -2.58. The number of piperazine rings is 1. The molecule has 3 atom stereocenters. The maximum Gasteiger partial charge on any atom is 0.416 e. The van der Waals surface area contributed by atoms with Crippen molar-refractivity contribution in [2.75, 3.05) is 44.2 Å². The number of hydrogen-bond acceptors (Lipinski definition) is 5. The van der Waals surface area contributed by atoms with Crippen molar-refractivity contribution >= 4 is 5.69 Å². The van der Waals surface area contributed by atoms with Gasteiger partial charge in [-0.2, -0.15) is 13.2 Å². The predicted octanol–water partition coefficient (Wildman–Crippen LogP) is 3.12. The van der Waals surface area contributed by atoms with Crippen LogP contribution in [0.25, 0.3) is 0 Å². The Labute approximate surface area is 184 Å². The number of nitrogens with zero attached hydrogens (tertiary/aromatic N) is 2. The molecule has 32 heavy (non-hydrogen) atoms. The Kier molecular flexibility index (Phi) is 6.95. The third-order valence-electron chi connectivity index (χ3n) is 6.80. The van der Waals surface area contributed by atoms with E-state index in [1.54, 1.807) is 6.07 Å². The van der Waals surface area contributed by atoms with Crippen molar-refractivity contribution in [3.05, 3.63) is 29.8 Å². The van der Waals surface area contributed by atoms with E-state index in [-0.39, 0.29) is 31.0 Å². The van der Waals surface area contributed by atoms with E-state index in [0.717, 1.165) is 6.07 Å². The molecule has 10 heteroatoms. The average molecular weight is 463 g/mol. The molecule has 0 unspecified atom stereocenters. The van der Waals surface area contributed by atoms with Crippen molar-refractivity contribution in [1.82, 2.24) is 10.2 Å². The number of halogens is 5. The molecule has 2 heterocycles. The van der Waals surface area contributed by atoms with Gasteiger partial charge in [0.2, 0.25) is 5.92 Å². The number of benzene rings is 1. The predicted molar refractivity (Wildman–Crippen MR) is 110 cm³/mol. The van der Waals surface area contributed by atoms with E-state index in [2.05, 4.69) is 10.2 Å². The summed E-state index contributed by atoms with van der Waals surface area (Å²) in [5, 5.41) is 14.0. The Balaban J connectivity index is 1.23. The Bertz CT molecular complexity index is 760. The lowest BCUT2D eigenvalue weighted by atomic mass is 9.91. The van der Waals surface area contributed by atoms with Gasteiger partial charge in [0, 0.05) is 57.3 Å². The lowest BCUT2D eigenvalue weighted by molar-refractivity contribution is -0.137. The zero-order valence-electron chi connectivity index (χ0n) is 17.8. The van der Waals surface area contributed by atoms with Gasteiger partial charge in [0.15, 0.2) is 0 Å². The number of alkyl halides is 5. The lowest BCUT2D eigenvalue weighted by Crippen LogP contribution is -2.52. The van der Waals surface area contributed by atoms with Crippen molar-refractivity contribution in [1.29, 1.82) is 0 Å². The van der Waals surface area contributed by atoms with Gasteiger partial charge in [-0.3, -0.25) is 4.90 Å². The second kappa shape index (κ2) is 9.40. The summed E-state index contributed by atoms with van der Waals surface area (Å²) in [6.07, 6.45) is -4.95. The number of anilines is 1. The van der Waals surface area contributed by atoms with Crippen LogP contribution in [0.2, 0.25) is 0 Å². The van der Waals surface area contributed by atoms with Crippen LogP contribution in [-0.4, -0.2) is 79.6 Å². The molecular formula is C22H30F5N3O2. The molecule has 0 spiro atoms. The number of nitrogens with one attached hydrogen (secondary N) is 1. The summed E-state index contributed by atoms with van der Waals surface area (Å²) >= 11 is 0. The first-order chi connectivity index (χ1) is 15.1. The molecule has 3 fully saturated rings. The minimum Gasteiger partial charge on any atom is -0.389 e. The molecular weight excluding hydrogens is 433 g/mol. The molecule has 0 radical (unpaired) electrons. The SMILES string of the molecule is O[C@@H]1[C@@H](NC2CCC(F)(F)CC2)CO[C@H]1CN1CCN(c2cccc(C(F)(F)F)c2)CC1. The molecule has 2 saturated heterocycles. The fourth-order valence-electron chi connectivity index (χ4n) is 4.82. The van der Waals surface area contributed by atoms with Gasteiger partial charge in [0.25, 0.3) is 0 Å². The average Bonchev–Trinajstić information content (AvgIpc) is 3.09. The molecule has 4 rings (SSSR count). The summed E-state index contributed by atoms with van der Waals surface area (Å²) in [4.78, 5) is 4.07. The van der Waals surface area contributed by atoms with Crippen LogP contribution in [-0.2, 0) is 10.9 Å². The minimum atomic E-state index is -4.36. The van der Waals surface area contributed by atoms with Crippen LogP contribution in [0.4, 0.5) is 27.6 Å². The van der Waals surface area contributed by atoms with Gasteiger partial charge in [-0.15, -0.1) is 0 Å². The van der Waals surface area contributed by atoms with Crippen LogP contribution in [0.15, 0.2) is 24.3 Å². The second-order valence-corrected chi connectivity index (χ2v) is 9.10. The fourth-order valence-corrected chi connectivity index (χ4v) is 4.82. The van der Waals surface area contributed by atoms with E-state index >= 15 is 0 Å². The Morgan fingerprint density at radius 1 is 1.09 bits per heavy atom. The number of ether oxygens (including phenoxy) is 1. The molecule has 2 aliphatic heterocycles. The highest BCUT2D eigenvalue weighted by Crippen LogP contribution is 2.34.